The fourth-order valence-electron chi connectivity index (χ4n) is 1.36. The molecule has 108 valence electrons. The second kappa shape index (κ2) is 9.30. The highest BCUT2D eigenvalue weighted by molar-refractivity contribution is 6.44. The van der Waals surface area contributed by atoms with Gasteiger partial charge in [-0.3, -0.25) is 9.80 Å². The maximum absolute atomic E-state index is 11.6. The molecule has 1 N–H and O–H groups in total. The standard InChI is InChI=1S/C14H26N4O/c1-7-13(19)14(11(4)5)17-16-12(6)10-15-18(8-2)9-3/h7,10-12,16H,1,8-9H2,2-6H3/b15-10-,17-14-. The third kappa shape index (κ3) is 6.74. The summed E-state index contributed by atoms with van der Waals surface area (Å²) < 4.78 is 0. The van der Waals surface area contributed by atoms with Crippen molar-refractivity contribution in [1.29, 1.82) is 0 Å². The first kappa shape index (κ1) is 17.4. The number of nitrogens with one attached hydrogen (secondary N) is 1. The molecule has 0 amide bonds. The van der Waals surface area contributed by atoms with Crippen molar-refractivity contribution in [2.24, 2.45) is 16.1 Å². The van der Waals surface area contributed by atoms with Crippen LogP contribution < -0.4 is 5.43 Å². The average Bonchev–Trinajstić information content (AvgIpc) is 2.39. The third-order valence-electron chi connectivity index (χ3n) is 2.56. The van der Waals surface area contributed by atoms with Crippen LogP contribution in [0.1, 0.15) is 34.6 Å². The van der Waals surface area contributed by atoms with E-state index in [9.17, 15) is 4.79 Å². The van der Waals surface area contributed by atoms with Gasteiger partial charge in [0.1, 0.15) is 5.71 Å². The largest absolute Gasteiger partial charge is 0.301 e. The van der Waals surface area contributed by atoms with Gasteiger partial charge in [0.15, 0.2) is 0 Å². The Bertz CT molecular complexity index is 343. The topological polar surface area (TPSA) is 57.1 Å². The number of ketones is 1. The molecule has 0 aromatic rings. The lowest BCUT2D eigenvalue weighted by Gasteiger charge is -2.15. The second-order valence-electron chi connectivity index (χ2n) is 4.54. The number of rotatable bonds is 9. The van der Waals surface area contributed by atoms with Crippen LogP contribution in [0, 0.1) is 5.92 Å². The van der Waals surface area contributed by atoms with Crippen LogP contribution >= 0.6 is 0 Å². The number of hydrogen-bond acceptors (Lipinski definition) is 5. The van der Waals surface area contributed by atoms with Gasteiger partial charge in [-0.2, -0.15) is 10.2 Å². The fourth-order valence-corrected chi connectivity index (χ4v) is 1.36. The predicted octanol–water partition coefficient (Wildman–Crippen LogP) is 2.06. The summed E-state index contributed by atoms with van der Waals surface area (Å²) in [5, 5.41) is 10.4. The molecule has 5 nitrogen and oxygen atoms in total. The average molecular weight is 266 g/mol. The van der Waals surface area contributed by atoms with Crippen LogP contribution in [0.2, 0.25) is 0 Å². The smallest absolute Gasteiger partial charge is 0.201 e. The summed E-state index contributed by atoms with van der Waals surface area (Å²) in [6, 6.07) is -0.0352. The Balaban J connectivity index is 4.57. The first-order valence-corrected chi connectivity index (χ1v) is 6.75. The summed E-state index contributed by atoms with van der Waals surface area (Å²) in [6.45, 7) is 15.1. The molecule has 0 saturated carbocycles. The lowest BCUT2D eigenvalue weighted by Crippen LogP contribution is -2.29. The molecule has 0 aromatic carbocycles. The summed E-state index contributed by atoms with van der Waals surface area (Å²) in [4.78, 5) is 11.6. The molecule has 0 aromatic heterocycles. The molecule has 1 unspecified atom stereocenters. The van der Waals surface area contributed by atoms with Gasteiger partial charge in [-0.1, -0.05) is 20.4 Å². The van der Waals surface area contributed by atoms with E-state index in [1.165, 1.54) is 6.08 Å². The van der Waals surface area contributed by atoms with Crippen LogP contribution in [0.4, 0.5) is 0 Å². The number of carbonyl (C=O) groups excluding carboxylic acids is 1. The maximum Gasteiger partial charge on any atom is 0.201 e. The molecule has 0 aliphatic heterocycles. The summed E-state index contributed by atoms with van der Waals surface area (Å²) >= 11 is 0. The molecule has 0 radical (unpaired) electrons. The lowest BCUT2D eigenvalue weighted by atomic mass is 10.0. The monoisotopic (exact) mass is 266 g/mol. The molecule has 0 saturated heterocycles. The van der Waals surface area contributed by atoms with E-state index in [1.807, 2.05) is 25.8 Å². The highest BCUT2D eigenvalue weighted by Gasteiger charge is 2.12. The summed E-state index contributed by atoms with van der Waals surface area (Å²) in [6.07, 6.45) is 3.07. The van der Waals surface area contributed by atoms with Gasteiger partial charge in [-0.15, -0.1) is 0 Å². The predicted molar refractivity (Wildman–Crippen MR) is 81.5 cm³/mol. The van der Waals surface area contributed by atoms with Crippen molar-refractivity contribution < 1.29 is 4.79 Å². The van der Waals surface area contributed by atoms with Crippen molar-refractivity contribution >= 4 is 17.7 Å². The SMILES string of the molecule is C=CC(=O)/C(=N\NC(C)/C=N\N(CC)CC)C(C)C. The van der Waals surface area contributed by atoms with Crippen LogP contribution in [0.5, 0.6) is 0 Å². The molecule has 0 bridgehead atoms. The summed E-state index contributed by atoms with van der Waals surface area (Å²) in [5.74, 6) is -0.0831. The molecule has 1 atom stereocenters. The molecule has 0 fully saturated rings. The van der Waals surface area contributed by atoms with Crippen molar-refractivity contribution in [1.82, 2.24) is 10.4 Å². The number of nitrogens with zero attached hydrogens (tertiary/aromatic N) is 3. The van der Waals surface area contributed by atoms with Gasteiger partial charge in [0.05, 0.1) is 6.04 Å². The molecule has 0 aliphatic carbocycles. The zero-order valence-electron chi connectivity index (χ0n) is 12.7. The van der Waals surface area contributed by atoms with Crippen LogP contribution in [-0.2, 0) is 4.79 Å². The third-order valence-corrected chi connectivity index (χ3v) is 2.56. The molecule has 0 aliphatic rings. The Labute approximate surface area is 116 Å². The minimum absolute atomic E-state index is 0.0352. The zero-order chi connectivity index (χ0) is 14.8. The number of allylic oxidation sites excluding steroid dienone is 1. The normalized spacial score (nSPS) is 13.7. The molecular weight excluding hydrogens is 240 g/mol. The highest BCUT2D eigenvalue weighted by atomic mass is 16.1. The van der Waals surface area contributed by atoms with E-state index < -0.39 is 0 Å². The van der Waals surface area contributed by atoms with Gasteiger partial charge in [0, 0.05) is 25.2 Å². The van der Waals surface area contributed by atoms with Crippen LogP contribution in [0.25, 0.3) is 0 Å². The van der Waals surface area contributed by atoms with E-state index in [-0.39, 0.29) is 17.7 Å². The van der Waals surface area contributed by atoms with Gasteiger partial charge < -0.3 is 5.43 Å². The van der Waals surface area contributed by atoms with Crippen LogP contribution in [0.15, 0.2) is 22.9 Å². The van der Waals surface area contributed by atoms with Gasteiger partial charge in [0.2, 0.25) is 5.78 Å². The summed E-state index contributed by atoms with van der Waals surface area (Å²) in [5.41, 5.74) is 3.41. The summed E-state index contributed by atoms with van der Waals surface area (Å²) in [7, 11) is 0. The second-order valence-corrected chi connectivity index (χ2v) is 4.54. The lowest BCUT2D eigenvalue weighted by molar-refractivity contribution is -0.109. The van der Waals surface area contributed by atoms with Gasteiger partial charge >= 0.3 is 0 Å². The maximum atomic E-state index is 11.6. The van der Waals surface area contributed by atoms with E-state index in [1.54, 1.807) is 6.21 Å². The van der Waals surface area contributed by atoms with E-state index >= 15 is 0 Å². The molecular formula is C14H26N4O. The first-order chi connectivity index (χ1) is 8.96. The number of carbonyl (C=O) groups is 1. The van der Waals surface area contributed by atoms with Crippen molar-refractivity contribution in [3.63, 3.8) is 0 Å². The Morgan fingerprint density at radius 1 is 1.32 bits per heavy atom. The number of hydrogen-bond donors (Lipinski definition) is 1. The Morgan fingerprint density at radius 2 is 1.89 bits per heavy atom. The Hall–Kier alpha value is -1.65. The molecule has 5 heteroatoms. The fraction of sp³-hybridized carbons (Fsp3) is 0.643. The van der Waals surface area contributed by atoms with Crippen molar-refractivity contribution in [3.05, 3.63) is 12.7 Å². The minimum Gasteiger partial charge on any atom is -0.301 e. The van der Waals surface area contributed by atoms with Gasteiger partial charge in [-0.05, 0) is 26.8 Å². The van der Waals surface area contributed by atoms with Crippen LogP contribution in [0.3, 0.4) is 0 Å². The van der Waals surface area contributed by atoms with Crippen molar-refractivity contribution in [3.8, 4) is 0 Å². The van der Waals surface area contributed by atoms with Gasteiger partial charge in [-0.25, -0.2) is 0 Å². The molecule has 0 rings (SSSR count). The van der Waals surface area contributed by atoms with Crippen LogP contribution in [-0.4, -0.2) is 41.8 Å². The van der Waals surface area contributed by atoms with E-state index in [0.717, 1.165) is 13.1 Å². The molecule has 19 heavy (non-hydrogen) atoms. The highest BCUT2D eigenvalue weighted by Crippen LogP contribution is 1.99. The molecule has 0 spiro atoms. The van der Waals surface area contributed by atoms with Gasteiger partial charge in [0.25, 0.3) is 0 Å². The van der Waals surface area contributed by atoms with E-state index in [2.05, 4.69) is 36.1 Å². The Kier molecular flexibility index (Phi) is 8.49. The zero-order valence-corrected chi connectivity index (χ0v) is 12.7. The quantitative estimate of drug-likeness (QED) is 0.395. The van der Waals surface area contributed by atoms with E-state index in [4.69, 9.17) is 0 Å². The Morgan fingerprint density at radius 3 is 2.32 bits per heavy atom. The van der Waals surface area contributed by atoms with Crippen molar-refractivity contribution in [2.45, 2.75) is 40.7 Å². The first-order valence-electron chi connectivity index (χ1n) is 6.75. The molecule has 0 heterocycles. The van der Waals surface area contributed by atoms with E-state index in [0.29, 0.717) is 5.71 Å². The number of hydrazone groups is 2. The minimum atomic E-state index is -0.143. The van der Waals surface area contributed by atoms with Crippen molar-refractivity contribution in [2.75, 3.05) is 13.1 Å².